The van der Waals surface area contributed by atoms with Gasteiger partial charge in [-0.15, -0.1) is 0 Å². The summed E-state index contributed by atoms with van der Waals surface area (Å²) in [5.41, 5.74) is 1.36. The molecule has 0 spiro atoms. The van der Waals surface area contributed by atoms with Crippen LogP contribution >= 0.6 is 11.6 Å². The third-order valence-electron chi connectivity index (χ3n) is 5.16. The van der Waals surface area contributed by atoms with Crippen LogP contribution in [-0.2, 0) is 4.79 Å². The van der Waals surface area contributed by atoms with Gasteiger partial charge in [0.05, 0.1) is 17.6 Å². The molecule has 1 aromatic carbocycles. The first-order chi connectivity index (χ1) is 13.9. The molecule has 1 saturated heterocycles. The van der Waals surface area contributed by atoms with E-state index in [0.29, 0.717) is 27.2 Å². The zero-order valence-electron chi connectivity index (χ0n) is 16.3. The Morgan fingerprint density at radius 2 is 2.00 bits per heavy atom. The number of piperazine rings is 1. The third kappa shape index (κ3) is 3.99. The lowest BCUT2D eigenvalue weighted by Crippen LogP contribution is -2.48. The summed E-state index contributed by atoms with van der Waals surface area (Å²) in [5, 5.41) is 10.8. The summed E-state index contributed by atoms with van der Waals surface area (Å²) in [6.07, 6.45) is 0. The molecule has 0 bridgehead atoms. The van der Waals surface area contributed by atoms with Crippen LogP contribution < -0.4 is 15.8 Å². The highest BCUT2D eigenvalue weighted by molar-refractivity contribution is 6.30. The van der Waals surface area contributed by atoms with Gasteiger partial charge < -0.3 is 9.32 Å². The molecule has 2 N–H and O–H groups in total. The molecule has 1 amide bonds. The molecule has 3 heterocycles. The maximum absolute atomic E-state index is 12.6. The Balaban J connectivity index is 1.40. The van der Waals surface area contributed by atoms with Crippen molar-refractivity contribution in [2.45, 2.75) is 13.8 Å². The zero-order chi connectivity index (χ0) is 20.5. The van der Waals surface area contributed by atoms with Crippen molar-refractivity contribution in [1.29, 1.82) is 0 Å². The molecule has 0 saturated carbocycles. The molecule has 9 heteroatoms. The fourth-order valence-electron chi connectivity index (χ4n) is 3.74. The number of furan rings is 1. The maximum atomic E-state index is 12.6. The lowest BCUT2D eigenvalue weighted by atomic mass is 10.2. The number of hydrogen-bond acceptors (Lipinski definition) is 6. The topological polar surface area (TPSA) is 94.5 Å². The van der Waals surface area contributed by atoms with Gasteiger partial charge in [-0.3, -0.25) is 19.8 Å². The predicted molar refractivity (Wildman–Crippen MR) is 113 cm³/mol. The van der Waals surface area contributed by atoms with Crippen molar-refractivity contribution in [1.82, 2.24) is 15.1 Å². The minimum Gasteiger partial charge on any atom is -0.444 e. The number of anilines is 2. The fraction of sp³-hybridized carbons (Fsp3) is 0.350. The molecule has 2 aromatic heterocycles. The standard InChI is InChI=1S/C20H22ClN5O3/c1-12-17-13(2)29-20(18(17)19(28)24-23-12)22-16(27)11-25-6-8-26(9-7-25)15-5-3-4-14(21)10-15/h3-5,10H,6-9,11H2,1-2H3,(H,22,27)(H,24,28). The van der Waals surface area contributed by atoms with E-state index in [0.717, 1.165) is 31.9 Å². The van der Waals surface area contributed by atoms with Crippen molar-refractivity contribution < 1.29 is 9.21 Å². The number of benzene rings is 1. The molecule has 0 aliphatic carbocycles. The molecular formula is C20H22ClN5O3. The van der Waals surface area contributed by atoms with Crippen LogP contribution in [0.3, 0.4) is 0 Å². The predicted octanol–water partition coefficient (Wildman–Crippen LogP) is 2.55. The van der Waals surface area contributed by atoms with Gasteiger partial charge in [-0.05, 0) is 32.0 Å². The number of carbonyl (C=O) groups excluding carboxylic acids is 1. The van der Waals surface area contributed by atoms with Crippen molar-refractivity contribution in [3.8, 4) is 0 Å². The average Bonchev–Trinajstić information content (AvgIpc) is 3.02. The number of nitrogens with one attached hydrogen (secondary N) is 2. The number of halogens is 1. The highest BCUT2D eigenvalue weighted by Gasteiger charge is 2.22. The van der Waals surface area contributed by atoms with Crippen molar-refractivity contribution in [2.24, 2.45) is 0 Å². The maximum Gasteiger partial charge on any atom is 0.277 e. The number of aromatic amines is 1. The summed E-state index contributed by atoms with van der Waals surface area (Å²) >= 11 is 6.08. The summed E-state index contributed by atoms with van der Waals surface area (Å²) < 4.78 is 5.64. The number of carbonyl (C=O) groups is 1. The number of aromatic nitrogens is 2. The first-order valence-corrected chi connectivity index (χ1v) is 9.81. The van der Waals surface area contributed by atoms with Crippen LogP contribution in [0.4, 0.5) is 11.6 Å². The van der Waals surface area contributed by atoms with Crippen LogP contribution in [0.5, 0.6) is 0 Å². The lowest BCUT2D eigenvalue weighted by Gasteiger charge is -2.35. The van der Waals surface area contributed by atoms with Crippen molar-refractivity contribution in [2.75, 3.05) is 42.9 Å². The SMILES string of the molecule is Cc1n[nH]c(=O)c2c(NC(=O)CN3CCN(c4cccc(Cl)c4)CC3)oc(C)c12. The van der Waals surface area contributed by atoms with Gasteiger partial charge in [-0.1, -0.05) is 17.7 Å². The van der Waals surface area contributed by atoms with E-state index in [2.05, 4.69) is 25.3 Å². The summed E-state index contributed by atoms with van der Waals surface area (Å²) in [6, 6.07) is 7.77. The van der Waals surface area contributed by atoms with E-state index in [1.807, 2.05) is 24.3 Å². The molecule has 0 atom stereocenters. The van der Waals surface area contributed by atoms with Gasteiger partial charge in [0.1, 0.15) is 11.1 Å². The van der Waals surface area contributed by atoms with Crippen LogP contribution in [-0.4, -0.2) is 53.7 Å². The summed E-state index contributed by atoms with van der Waals surface area (Å²) in [4.78, 5) is 29.1. The Bertz CT molecular complexity index is 1110. The average molecular weight is 416 g/mol. The minimum atomic E-state index is -0.382. The summed E-state index contributed by atoms with van der Waals surface area (Å²) in [6.45, 7) is 6.88. The first kappa shape index (κ1) is 19.5. The molecule has 4 rings (SSSR count). The van der Waals surface area contributed by atoms with Gasteiger partial charge in [0.2, 0.25) is 11.8 Å². The molecule has 0 radical (unpaired) electrons. The van der Waals surface area contributed by atoms with Gasteiger partial charge in [0.25, 0.3) is 5.56 Å². The molecule has 152 valence electrons. The second-order valence-corrected chi connectivity index (χ2v) is 7.60. The van der Waals surface area contributed by atoms with E-state index in [4.69, 9.17) is 16.0 Å². The van der Waals surface area contributed by atoms with Gasteiger partial charge >= 0.3 is 0 Å². The highest BCUT2D eigenvalue weighted by Crippen LogP contribution is 2.28. The second kappa shape index (κ2) is 7.88. The quantitative estimate of drug-likeness (QED) is 0.680. The molecule has 29 heavy (non-hydrogen) atoms. The molecule has 8 nitrogen and oxygen atoms in total. The van der Waals surface area contributed by atoms with E-state index in [-0.39, 0.29) is 23.9 Å². The van der Waals surface area contributed by atoms with Gasteiger partial charge in [0.15, 0.2) is 0 Å². The highest BCUT2D eigenvalue weighted by atomic mass is 35.5. The molecule has 1 aliphatic heterocycles. The molecule has 3 aromatic rings. The first-order valence-electron chi connectivity index (χ1n) is 9.43. The van der Waals surface area contributed by atoms with E-state index in [1.54, 1.807) is 13.8 Å². The van der Waals surface area contributed by atoms with E-state index < -0.39 is 0 Å². The number of rotatable bonds is 4. The third-order valence-corrected chi connectivity index (χ3v) is 5.40. The number of fused-ring (bicyclic) bond motifs is 1. The summed E-state index contributed by atoms with van der Waals surface area (Å²) in [7, 11) is 0. The van der Waals surface area contributed by atoms with E-state index in [9.17, 15) is 9.59 Å². The van der Waals surface area contributed by atoms with Crippen molar-refractivity contribution in [3.05, 3.63) is 51.1 Å². The van der Waals surface area contributed by atoms with Gasteiger partial charge in [-0.25, -0.2) is 5.10 Å². The number of hydrogen-bond donors (Lipinski definition) is 2. The minimum absolute atomic E-state index is 0.173. The monoisotopic (exact) mass is 415 g/mol. The molecule has 0 unspecified atom stereocenters. The normalized spacial score (nSPS) is 15.1. The Morgan fingerprint density at radius 1 is 1.24 bits per heavy atom. The van der Waals surface area contributed by atoms with Gasteiger partial charge in [0, 0.05) is 36.9 Å². The van der Waals surface area contributed by atoms with Crippen LogP contribution in [0.2, 0.25) is 5.02 Å². The smallest absolute Gasteiger partial charge is 0.277 e. The Labute approximate surface area is 172 Å². The van der Waals surface area contributed by atoms with E-state index >= 15 is 0 Å². The fourth-order valence-corrected chi connectivity index (χ4v) is 3.92. The Kier molecular flexibility index (Phi) is 5.29. The van der Waals surface area contributed by atoms with Crippen LogP contribution in [0.1, 0.15) is 11.5 Å². The zero-order valence-corrected chi connectivity index (χ0v) is 17.0. The van der Waals surface area contributed by atoms with Crippen LogP contribution in [0, 0.1) is 13.8 Å². The number of aryl methyl sites for hydroxylation is 2. The molecular weight excluding hydrogens is 394 g/mol. The van der Waals surface area contributed by atoms with Crippen molar-refractivity contribution in [3.63, 3.8) is 0 Å². The lowest BCUT2D eigenvalue weighted by molar-refractivity contribution is -0.117. The Morgan fingerprint density at radius 3 is 2.72 bits per heavy atom. The summed E-state index contributed by atoms with van der Waals surface area (Å²) in [5.74, 6) is 0.513. The second-order valence-electron chi connectivity index (χ2n) is 7.17. The van der Waals surface area contributed by atoms with E-state index in [1.165, 1.54) is 0 Å². The van der Waals surface area contributed by atoms with Crippen LogP contribution in [0.25, 0.3) is 10.8 Å². The Hall–Kier alpha value is -2.84. The molecule has 1 fully saturated rings. The number of amides is 1. The van der Waals surface area contributed by atoms with Gasteiger partial charge in [-0.2, -0.15) is 5.10 Å². The van der Waals surface area contributed by atoms with Crippen molar-refractivity contribution >= 4 is 39.9 Å². The molecule has 1 aliphatic rings. The number of nitrogens with zero attached hydrogens (tertiary/aromatic N) is 3. The van der Waals surface area contributed by atoms with Crippen LogP contribution in [0.15, 0.2) is 33.5 Å². The largest absolute Gasteiger partial charge is 0.444 e. The number of H-pyrrole nitrogens is 1.